The highest BCUT2D eigenvalue weighted by molar-refractivity contribution is 5.94. The fourth-order valence-electron chi connectivity index (χ4n) is 1.90. The highest BCUT2D eigenvalue weighted by Crippen LogP contribution is 2.11. The van der Waals surface area contributed by atoms with E-state index < -0.39 is 0 Å². The molecule has 1 N–H and O–H groups in total. The van der Waals surface area contributed by atoms with E-state index in [-0.39, 0.29) is 30.2 Å². The number of carbonyl (C=O) groups is 1. The van der Waals surface area contributed by atoms with Crippen LogP contribution in [-0.2, 0) is 0 Å². The van der Waals surface area contributed by atoms with Crippen molar-refractivity contribution in [3.05, 3.63) is 35.6 Å². The van der Waals surface area contributed by atoms with Crippen LogP contribution in [0.5, 0.6) is 0 Å². The van der Waals surface area contributed by atoms with Gasteiger partial charge in [-0.25, -0.2) is 4.39 Å². The van der Waals surface area contributed by atoms with E-state index in [1.807, 2.05) is 11.8 Å². The molecule has 1 aliphatic heterocycles. The zero-order valence-electron chi connectivity index (χ0n) is 9.65. The van der Waals surface area contributed by atoms with Crippen molar-refractivity contribution in [2.75, 3.05) is 19.6 Å². The number of hydrogen-bond donors (Lipinski definition) is 1. The number of nitrogens with one attached hydrogen (secondary N) is 1. The van der Waals surface area contributed by atoms with Gasteiger partial charge >= 0.3 is 0 Å². The Hall–Kier alpha value is -1.13. The van der Waals surface area contributed by atoms with Crippen molar-refractivity contribution in [1.82, 2.24) is 10.2 Å². The molecule has 5 heteroatoms. The van der Waals surface area contributed by atoms with Gasteiger partial charge in [-0.05, 0) is 31.2 Å². The van der Waals surface area contributed by atoms with Crippen molar-refractivity contribution < 1.29 is 9.18 Å². The van der Waals surface area contributed by atoms with Crippen LogP contribution in [0.4, 0.5) is 4.39 Å². The Morgan fingerprint density at radius 3 is 2.65 bits per heavy atom. The molecule has 1 saturated heterocycles. The van der Waals surface area contributed by atoms with E-state index in [1.54, 1.807) is 0 Å². The summed E-state index contributed by atoms with van der Waals surface area (Å²) in [6, 6.07) is 5.89. The molecule has 94 valence electrons. The van der Waals surface area contributed by atoms with Crippen LogP contribution < -0.4 is 5.32 Å². The van der Waals surface area contributed by atoms with Crippen LogP contribution >= 0.6 is 12.4 Å². The van der Waals surface area contributed by atoms with Crippen LogP contribution in [0.15, 0.2) is 24.3 Å². The van der Waals surface area contributed by atoms with Crippen molar-refractivity contribution in [2.24, 2.45) is 0 Å². The Balaban J connectivity index is 0.00000144. The normalized spacial score (nSPS) is 19.6. The minimum atomic E-state index is -0.315. The lowest BCUT2D eigenvalue weighted by Crippen LogP contribution is -2.52. The molecule has 0 radical (unpaired) electrons. The number of benzene rings is 1. The molecule has 0 unspecified atom stereocenters. The molecule has 17 heavy (non-hydrogen) atoms. The number of rotatable bonds is 1. The molecule has 0 saturated carbocycles. The zero-order valence-corrected chi connectivity index (χ0v) is 10.5. The lowest BCUT2D eigenvalue weighted by Gasteiger charge is -2.34. The number of hydrogen-bond acceptors (Lipinski definition) is 2. The van der Waals surface area contributed by atoms with Gasteiger partial charge in [-0.15, -0.1) is 12.4 Å². The first kappa shape index (κ1) is 13.9. The largest absolute Gasteiger partial charge is 0.333 e. The van der Waals surface area contributed by atoms with Gasteiger partial charge in [-0.1, -0.05) is 0 Å². The number of carbonyl (C=O) groups excluding carboxylic acids is 1. The van der Waals surface area contributed by atoms with E-state index in [9.17, 15) is 9.18 Å². The van der Waals surface area contributed by atoms with Gasteiger partial charge in [-0.3, -0.25) is 4.79 Å². The quantitative estimate of drug-likeness (QED) is 0.831. The van der Waals surface area contributed by atoms with Crippen molar-refractivity contribution in [1.29, 1.82) is 0 Å². The van der Waals surface area contributed by atoms with Crippen LogP contribution in [0.1, 0.15) is 17.3 Å². The van der Waals surface area contributed by atoms with E-state index in [2.05, 4.69) is 5.32 Å². The average Bonchev–Trinajstić information content (AvgIpc) is 2.30. The first-order valence-corrected chi connectivity index (χ1v) is 5.46. The highest BCUT2D eigenvalue weighted by atomic mass is 35.5. The fourth-order valence-corrected chi connectivity index (χ4v) is 1.90. The van der Waals surface area contributed by atoms with Gasteiger partial charge in [0, 0.05) is 31.2 Å². The van der Waals surface area contributed by atoms with E-state index in [0.717, 1.165) is 13.1 Å². The van der Waals surface area contributed by atoms with Crippen molar-refractivity contribution in [3.63, 3.8) is 0 Å². The second kappa shape index (κ2) is 5.98. The third kappa shape index (κ3) is 3.17. The molecular weight excluding hydrogens is 243 g/mol. The van der Waals surface area contributed by atoms with Gasteiger partial charge in [0.1, 0.15) is 5.82 Å². The van der Waals surface area contributed by atoms with Crippen molar-refractivity contribution in [2.45, 2.75) is 13.0 Å². The SMILES string of the molecule is C[C@H]1CNCCN1C(=O)c1ccc(F)cc1.Cl. The molecule has 1 amide bonds. The fraction of sp³-hybridized carbons (Fsp3) is 0.417. The molecule has 2 rings (SSSR count). The monoisotopic (exact) mass is 258 g/mol. The smallest absolute Gasteiger partial charge is 0.254 e. The Bertz CT molecular complexity index is 383. The summed E-state index contributed by atoms with van der Waals surface area (Å²) in [4.78, 5) is 13.9. The maximum absolute atomic E-state index is 12.7. The minimum absolute atomic E-state index is 0. The summed E-state index contributed by atoms with van der Waals surface area (Å²) in [7, 11) is 0. The molecule has 0 spiro atoms. The molecule has 1 aliphatic rings. The molecular formula is C12H16ClFN2O. The average molecular weight is 259 g/mol. The maximum atomic E-state index is 12.7. The van der Waals surface area contributed by atoms with Crippen LogP contribution in [-0.4, -0.2) is 36.5 Å². The third-order valence-electron chi connectivity index (χ3n) is 2.85. The van der Waals surface area contributed by atoms with E-state index >= 15 is 0 Å². The predicted molar refractivity (Wildman–Crippen MR) is 67.0 cm³/mol. The van der Waals surface area contributed by atoms with E-state index in [4.69, 9.17) is 0 Å². The summed E-state index contributed by atoms with van der Waals surface area (Å²) < 4.78 is 12.7. The lowest BCUT2D eigenvalue weighted by atomic mass is 10.1. The molecule has 0 aliphatic carbocycles. The number of nitrogens with zero attached hydrogens (tertiary/aromatic N) is 1. The number of halogens is 2. The first-order valence-electron chi connectivity index (χ1n) is 5.46. The summed E-state index contributed by atoms with van der Waals surface area (Å²) in [5, 5.41) is 3.23. The molecule has 1 atom stereocenters. The molecule has 1 aromatic rings. The van der Waals surface area contributed by atoms with E-state index in [0.29, 0.717) is 12.1 Å². The number of piperazine rings is 1. The summed E-state index contributed by atoms with van der Waals surface area (Å²) >= 11 is 0. The summed E-state index contributed by atoms with van der Waals surface area (Å²) in [5.74, 6) is -0.334. The second-order valence-electron chi connectivity index (χ2n) is 4.06. The Morgan fingerprint density at radius 1 is 1.41 bits per heavy atom. The molecule has 0 bridgehead atoms. The van der Waals surface area contributed by atoms with Crippen LogP contribution in [0.25, 0.3) is 0 Å². The van der Waals surface area contributed by atoms with Gasteiger partial charge in [0.2, 0.25) is 0 Å². The van der Waals surface area contributed by atoms with Crippen molar-refractivity contribution in [3.8, 4) is 0 Å². The maximum Gasteiger partial charge on any atom is 0.254 e. The molecule has 3 nitrogen and oxygen atoms in total. The standard InChI is InChI=1S/C12H15FN2O.ClH/c1-9-8-14-6-7-15(9)12(16)10-2-4-11(13)5-3-10;/h2-5,9,14H,6-8H2,1H3;1H/t9-;/m0./s1. The van der Waals surface area contributed by atoms with Crippen molar-refractivity contribution >= 4 is 18.3 Å². The van der Waals surface area contributed by atoms with Gasteiger partial charge < -0.3 is 10.2 Å². The molecule has 1 heterocycles. The number of amides is 1. The van der Waals surface area contributed by atoms with E-state index in [1.165, 1.54) is 24.3 Å². The molecule has 1 fully saturated rings. The summed E-state index contributed by atoms with van der Waals surface area (Å²) in [6.45, 7) is 4.34. The predicted octanol–water partition coefficient (Wildman–Crippen LogP) is 1.68. The van der Waals surface area contributed by atoms with Crippen LogP contribution in [0.2, 0.25) is 0 Å². The second-order valence-corrected chi connectivity index (χ2v) is 4.06. The molecule has 0 aromatic heterocycles. The van der Waals surface area contributed by atoms with Gasteiger partial charge in [0.15, 0.2) is 0 Å². The Labute approximate surface area is 106 Å². The topological polar surface area (TPSA) is 32.3 Å². The van der Waals surface area contributed by atoms with Gasteiger partial charge in [-0.2, -0.15) is 0 Å². The highest BCUT2D eigenvalue weighted by Gasteiger charge is 2.23. The van der Waals surface area contributed by atoms with Crippen LogP contribution in [0.3, 0.4) is 0 Å². The van der Waals surface area contributed by atoms with Gasteiger partial charge in [0.05, 0.1) is 0 Å². The minimum Gasteiger partial charge on any atom is -0.333 e. The third-order valence-corrected chi connectivity index (χ3v) is 2.85. The van der Waals surface area contributed by atoms with Gasteiger partial charge in [0.25, 0.3) is 5.91 Å². The van der Waals surface area contributed by atoms with Crippen LogP contribution in [0, 0.1) is 5.82 Å². The first-order chi connectivity index (χ1) is 7.68. The molecule has 1 aromatic carbocycles. The lowest BCUT2D eigenvalue weighted by molar-refractivity contribution is 0.0655. The Kier molecular flexibility index (Phi) is 4.90. The summed E-state index contributed by atoms with van der Waals surface area (Å²) in [6.07, 6.45) is 0. The Morgan fingerprint density at radius 2 is 2.06 bits per heavy atom. The summed E-state index contributed by atoms with van der Waals surface area (Å²) in [5.41, 5.74) is 0.551. The zero-order chi connectivity index (χ0) is 11.5.